The van der Waals surface area contributed by atoms with E-state index in [0.717, 1.165) is 16.2 Å². The molecule has 0 saturated carbocycles. The number of nitrogens with one attached hydrogen (secondary N) is 2. The Bertz CT molecular complexity index is 645. The quantitative estimate of drug-likeness (QED) is 0.683. The van der Waals surface area contributed by atoms with Gasteiger partial charge in [0.05, 0.1) is 0 Å². The van der Waals surface area contributed by atoms with Crippen LogP contribution in [-0.2, 0) is 11.3 Å². The molecule has 0 aliphatic carbocycles. The fourth-order valence-electron chi connectivity index (χ4n) is 1.92. The molecule has 0 aliphatic heterocycles. The van der Waals surface area contributed by atoms with Crippen molar-refractivity contribution in [2.24, 2.45) is 5.73 Å². The van der Waals surface area contributed by atoms with Crippen LogP contribution < -0.4 is 16.4 Å². The van der Waals surface area contributed by atoms with Gasteiger partial charge < -0.3 is 16.4 Å². The van der Waals surface area contributed by atoms with Crippen LogP contribution in [0.1, 0.15) is 12.0 Å². The van der Waals surface area contributed by atoms with Gasteiger partial charge in [-0.1, -0.05) is 30.3 Å². The summed E-state index contributed by atoms with van der Waals surface area (Å²) in [5, 5.41) is 5.37. The van der Waals surface area contributed by atoms with Crippen LogP contribution in [0.25, 0.3) is 0 Å². The molecule has 5 nitrogen and oxygen atoms in total. The lowest BCUT2D eigenvalue weighted by atomic mass is 10.2. The number of nitrogens with two attached hydrogens (primary N) is 1. The number of primary amides is 1. The van der Waals surface area contributed by atoms with Gasteiger partial charge in [0.2, 0.25) is 5.91 Å². The van der Waals surface area contributed by atoms with E-state index in [4.69, 9.17) is 5.73 Å². The van der Waals surface area contributed by atoms with Crippen molar-refractivity contribution in [1.82, 2.24) is 5.32 Å². The molecule has 0 bridgehead atoms. The minimum Gasteiger partial charge on any atom is -0.352 e. The highest BCUT2D eigenvalue weighted by atomic mass is 32.2. The van der Waals surface area contributed by atoms with Crippen LogP contribution in [0.2, 0.25) is 0 Å². The molecule has 2 aromatic rings. The lowest BCUT2D eigenvalue weighted by molar-refractivity contribution is -0.120. The zero-order valence-corrected chi connectivity index (χ0v) is 13.4. The molecule has 0 heterocycles. The zero-order valence-electron chi connectivity index (χ0n) is 12.6. The van der Waals surface area contributed by atoms with Crippen LogP contribution in [0.5, 0.6) is 0 Å². The Labute approximate surface area is 139 Å². The summed E-state index contributed by atoms with van der Waals surface area (Å²) < 4.78 is 0. The first kappa shape index (κ1) is 16.9. The number of amides is 3. The smallest absolute Gasteiger partial charge is 0.316 e. The first-order valence-electron chi connectivity index (χ1n) is 7.23. The van der Waals surface area contributed by atoms with E-state index in [9.17, 15) is 9.59 Å². The number of carbonyl (C=O) groups is 2. The summed E-state index contributed by atoms with van der Waals surface area (Å²) in [6.07, 6.45) is 0.473. The highest BCUT2D eigenvalue weighted by molar-refractivity contribution is 7.99. The standard InChI is InChI=1S/C17H19N3O2S/c18-17(22)20-14-8-6-13(7-9-14)12-19-16(21)10-11-23-15-4-2-1-3-5-15/h1-9H,10-12H2,(H,19,21)(H3,18,20,22). The van der Waals surface area contributed by atoms with Gasteiger partial charge >= 0.3 is 6.03 Å². The SMILES string of the molecule is NC(=O)Nc1ccc(CNC(=O)CCSc2ccccc2)cc1. The molecule has 0 radical (unpaired) electrons. The highest BCUT2D eigenvalue weighted by Gasteiger charge is 2.03. The fourth-order valence-corrected chi connectivity index (χ4v) is 2.79. The predicted octanol–water partition coefficient (Wildman–Crippen LogP) is 2.98. The summed E-state index contributed by atoms with van der Waals surface area (Å²) in [7, 11) is 0. The lowest BCUT2D eigenvalue weighted by Crippen LogP contribution is -2.23. The third kappa shape index (κ3) is 6.44. The van der Waals surface area contributed by atoms with Crippen LogP contribution in [0.4, 0.5) is 10.5 Å². The molecule has 0 spiro atoms. The maximum absolute atomic E-state index is 11.8. The van der Waals surface area contributed by atoms with Crippen molar-refractivity contribution in [2.75, 3.05) is 11.1 Å². The molecule has 6 heteroatoms. The van der Waals surface area contributed by atoms with Crippen molar-refractivity contribution in [2.45, 2.75) is 17.9 Å². The Morgan fingerprint density at radius 2 is 1.70 bits per heavy atom. The molecular formula is C17H19N3O2S. The molecule has 0 fully saturated rings. The Balaban J connectivity index is 1.68. The Morgan fingerprint density at radius 1 is 1.00 bits per heavy atom. The van der Waals surface area contributed by atoms with Crippen molar-refractivity contribution in [3.63, 3.8) is 0 Å². The van der Waals surface area contributed by atoms with Crippen molar-refractivity contribution in [3.05, 3.63) is 60.2 Å². The van der Waals surface area contributed by atoms with Gasteiger partial charge in [0, 0.05) is 29.3 Å². The average molecular weight is 329 g/mol. The number of thioether (sulfide) groups is 1. The normalized spacial score (nSPS) is 10.1. The Kier molecular flexibility index (Phi) is 6.50. The molecule has 0 saturated heterocycles. The van der Waals surface area contributed by atoms with E-state index in [1.54, 1.807) is 23.9 Å². The van der Waals surface area contributed by atoms with Crippen molar-refractivity contribution >= 4 is 29.4 Å². The average Bonchev–Trinajstić information content (AvgIpc) is 2.55. The minimum atomic E-state index is -0.595. The van der Waals surface area contributed by atoms with Crippen LogP contribution in [-0.4, -0.2) is 17.7 Å². The van der Waals surface area contributed by atoms with E-state index >= 15 is 0 Å². The van der Waals surface area contributed by atoms with Gasteiger partial charge in [0.1, 0.15) is 0 Å². The second kappa shape index (κ2) is 8.85. The van der Waals surface area contributed by atoms with Gasteiger partial charge in [-0.15, -0.1) is 11.8 Å². The number of rotatable bonds is 7. The summed E-state index contributed by atoms with van der Waals surface area (Å²) in [5.74, 6) is 0.768. The number of hydrogen-bond donors (Lipinski definition) is 3. The topological polar surface area (TPSA) is 84.2 Å². The third-order valence-corrected chi connectivity index (χ3v) is 4.07. The molecule has 0 atom stereocenters. The van der Waals surface area contributed by atoms with E-state index in [1.807, 2.05) is 42.5 Å². The van der Waals surface area contributed by atoms with Crippen molar-refractivity contribution < 1.29 is 9.59 Å². The first-order chi connectivity index (χ1) is 11.1. The second-order valence-electron chi connectivity index (χ2n) is 4.87. The molecule has 120 valence electrons. The minimum absolute atomic E-state index is 0.0211. The summed E-state index contributed by atoms with van der Waals surface area (Å²) in [6, 6.07) is 16.6. The van der Waals surface area contributed by atoms with E-state index in [0.29, 0.717) is 18.7 Å². The zero-order chi connectivity index (χ0) is 16.5. The van der Waals surface area contributed by atoms with Gasteiger partial charge in [0.25, 0.3) is 0 Å². The van der Waals surface area contributed by atoms with Gasteiger partial charge in [-0.3, -0.25) is 4.79 Å². The predicted molar refractivity (Wildman–Crippen MR) is 93.3 cm³/mol. The molecular weight excluding hydrogens is 310 g/mol. The second-order valence-corrected chi connectivity index (χ2v) is 6.04. The maximum atomic E-state index is 11.8. The van der Waals surface area contributed by atoms with Crippen LogP contribution in [0.15, 0.2) is 59.5 Å². The Morgan fingerprint density at radius 3 is 2.35 bits per heavy atom. The highest BCUT2D eigenvalue weighted by Crippen LogP contribution is 2.17. The molecule has 0 unspecified atom stereocenters. The summed E-state index contributed by atoms with van der Waals surface area (Å²) in [6.45, 7) is 0.464. The molecule has 3 amide bonds. The van der Waals surface area contributed by atoms with E-state index in [-0.39, 0.29) is 5.91 Å². The molecule has 0 aromatic heterocycles. The molecule has 4 N–H and O–H groups in total. The van der Waals surface area contributed by atoms with Crippen molar-refractivity contribution in [1.29, 1.82) is 0 Å². The number of urea groups is 1. The van der Waals surface area contributed by atoms with Gasteiger partial charge in [-0.25, -0.2) is 4.79 Å². The molecule has 23 heavy (non-hydrogen) atoms. The van der Waals surface area contributed by atoms with Gasteiger partial charge in [-0.2, -0.15) is 0 Å². The van der Waals surface area contributed by atoms with E-state index < -0.39 is 6.03 Å². The summed E-state index contributed by atoms with van der Waals surface area (Å²) in [5.41, 5.74) is 6.63. The van der Waals surface area contributed by atoms with E-state index in [2.05, 4.69) is 10.6 Å². The van der Waals surface area contributed by atoms with Crippen LogP contribution >= 0.6 is 11.8 Å². The molecule has 2 aromatic carbocycles. The molecule has 2 rings (SSSR count). The number of benzene rings is 2. The van der Waals surface area contributed by atoms with Crippen LogP contribution in [0, 0.1) is 0 Å². The van der Waals surface area contributed by atoms with E-state index in [1.165, 1.54) is 0 Å². The lowest BCUT2D eigenvalue weighted by Gasteiger charge is -2.07. The maximum Gasteiger partial charge on any atom is 0.316 e. The number of hydrogen-bond acceptors (Lipinski definition) is 3. The van der Waals surface area contributed by atoms with Gasteiger partial charge in [-0.05, 0) is 29.8 Å². The Hall–Kier alpha value is -2.47. The fraction of sp³-hybridized carbons (Fsp3) is 0.176. The van der Waals surface area contributed by atoms with Crippen LogP contribution in [0.3, 0.4) is 0 Å². The number of carbonyl (C=O) groups excluding carboxylic acids is 2. The third-order valence-electron chi connectivity index (χ3n) is 3.05. The van der Waals surface area contributed by atoms with Crippen molar-refractivity contribution in [3.8, 4) is 0 Å². The van der Waals surface area contributed by atoms with Gasteiger partial charge in [0.15, 0.2) is 0 Å². The first-order valence-corrected chi connectivity index (χ1v) is 8.22. The monoisotopic (exact) mass is 329 g/mol. The largest absolute Gasteiger partial charge is 0.352 e. The number of anilines is 1. The summed E-state index contributed by atoms with van der Waals surface area (Å²) >= 11 is 1.67. The summed E-state index contributed by atoms with van der Waals surface area (Å²) in [4.78, 5) is 23.7. The molecule has 0 aliphatic rings.